The van der Waals surface area contributed by atoms with Gasteiger partial charge in [-0.25, -0.2) is 4.79 Å². The van der Waals surface area contributed by atoms with Gasteiger partial charge < -0.3 is 9.47 Å². The minimum atomic E-state index is -0.338. The fourth-order valence-electron chi connectivity index (χ4n) is 7.64. The number of hydrogen-bond donors (Lipinski definition) is 0. The molecule has 4 saturated carbocycles. The fraction of sp³-hybridized carbons (Fsp3) is 0.412. The summed E-state index contributed by atoms with van der Waals surface area (Å²) >= 11 is 1.23. The minimum Gasteiger partial charge on any atom is -0.489 e. The molecule has 0 saturated heterocycles. The average molecular weight is 541 g/mol. The van der Waals surface area contributed by atoms with Crippen molar-refractivity contribution in [3.05, 3.63) is 94.5 Å². The molecular weight excluding hydrogens is 504 g/mol. The fourth-order valence-corrected chi connectivity index (χ4v) is 8.44. The van der Waals surface area contributed by atoms with Crippen molar-refractivity contribution in [3.8, 4) is 5.75 Å². The highest BCUT2D eigenvalue weighted by molar-refractivity contribution is 8.14. The number of esters is 1. The Hall–Kier alpha value is -3.05. The summed E-state index contributed by atoms with van der Waals surface area (Å²) in [7, 11) is 0. The lowest BCUT2D eigenvalue weighted by molar-refractivity contribution is -0.00649. The van der Waals surface area contributed by atoms with Crippen LogP contribution in [-0.2, 0) is 16.8 Å². The zero-order valence-electron chi connectivity index (χ0n) is 22.8. The van der Waals surface area contributed by atoms with Crippen molar-refractivity contribution >= 4 is 22.8 Å². The summed E-state index contributed by atoms with van der Waals surface area (Å²) in [5.74, 6) is 2.99. The van der Waals surface area contributed by atoms with Crippen LogP contribution in [-0.4, -0.2) is 17.7 Å². The summed E-state index contributed by atoms with van der Waals surface area (Å²) in [4.78, 5) is 26.6. The Morgan fingerprint density at radius 2 is 1.54 bits per heavy atom. The third kappa shape index (κ3) is 5.38. The number of thioether (sulfide) groups is 1. The van der Waals surface area contributed by atoms with Crippen LogP contribution < -0.4 is 4.74 Å². The van der Waals surface area contributed by atoms with Gasteiger partial charge in [-0.3, -0.25) is 4.79 Å². The molecule has 0 N–H and O–H groups in total. The van der Waals surface area contributed by atoms with Gasteiger partial charge in [0.2, 0.25) is 5.12 Å². The van der Waals surface area contributed by atoms with Crippen molar-refractivity contribution in [1.82, 2.24) is 0 Å². The first-order chi connectivity index (χ1) is 18.9. The largest absolute Gasteiger partial charge is 0.489 e. The topological polar surface area (TPSA) is 52.6 Å². The number of hydrogen-bond acceptors (Lipinski definition) is 5. The van der Waals surface area contributed by atoms with Gasteiger partial charge in [-0.05, 0) is 135 Å². The molecule has 0 atom stereocenters. The maximum absolute atomic E-state index is 13.6. The van der Waals surface area contributed by atoms with Crippen LogP contribution in [0.3, 0.4) is 0 Å². The van der Waals surface area contributed by atoms with E-state index in [1.165, 1.54) is 55.9 Å². The van der Waals surface area contributed by atoms with Crippen molar-refractivity contribution in [2.24, 2.45) is 17.8 Å². The Balaban J connectivity index is 1.29. The molecule has 5 heteroatoms. The third-order valence-electron chi connectivity index (χ3n) is 8.95. The van der Waals surface area contributed by atoms with E-state index >= 15 is 0 Å². The van der Waals surface area contributed by atoms with Gasteiger partial charge >= 0.3 is 5.97 Å². The smallest absolute Gasteiger partial charge is 0.338 e. The molecule has 7 rings (SSSR count). The van der Waals surface area contributed by atoms with Crippen LogP contribution in [0.25, 0.3) is 0 Å². The van der Waals surface area contributed by atoms with Gasteiger partial charge in [0.15, 0.2) is 0 Å². The first kappa shape index (κ1) is 26.2. The van der Waals surface area contributed by atoms with E-state index in [1.807, 2.05) is 43.3 Å². The zero-order chi connectivity index (χ0) is 27.0. The molecule has 4 bridgehead atoms. The van der Waals surface area contributed by atoms with Gasteiger partial charge in [0.25, 0.3) is 0 Å². The lowest BCUT2D eigenvalue weighted by atomic mass is 9.48. The quantitative estimate of drug-likeness (QED) is 0.213. The maximum atomic E-state index is 13.6. The molecule has 0 aromatic heterocycles. The molecule has 0 heterocycles. The second kappa shape index (κ2) is 10.8. The second-order valence-corrected chi connectivity index (χ2v) is 12.8. The van der Waals surface area contributed by atoms with Crippen LogP contribution >= 0.6 is 11.8 Å². The molecule has 0 amide bonds. The van der Waals surface area contributed by atoms with E-state index in [0.29, 0.717) is 24.3 Å². The Morgan fingerprint density at radius 1 is 0.872 bits per heavy atom. The normalized spacial score (nSPS) is 24.9. The highest BCUT2D eigenvalue weighted by Crippen LogP contribution is 2.62. The highest BCUT2D eigenvalue weighted by Gasteiger charge is 2.52. The number of aryl methyl sites for hydroxylation is 1. The van der Waals surface area contributed by atoms with Crippen molar-refractivity contribution in [2.75, 3.05) is 6.61 Å². The zero-order valence-corrected chi connectivity index (χ0v) is 23.6. The average Bonchev–Trinajstić information content (AvgIpc) is 2.93. The van der Waals surface area contributed by atoms with Gasteiger partial charge in [-0.2, -0.15) is 0 Å². The first-order valence-electron chi connectivity index (χ1n) is 14.2. The summed E-state index contributed by atoms with van der Waals surface area (Å²) in [6.45, 7) is 4.58. The standard InChI is InChI=1S/C34H36O4S/c1-3-37-32(35)27-10-12-31(22(2)13-27)39-33(36)28-9-11-30(38-21-23-7-5-4-6-8-23)29(17-28)34-18-24-14-25(19-34)16-26(15-24)20-34/h4-13,17,24-26H,3,14-16,18-21H2,1-2H3. The molecule has 0 radical (unpaired) electrons. The van der Waals surface area contributed by atoms with Crippen molar-refractivity contribution < 1.29 is 19.1 Å². The van der Waals surface area contributed by atoms with Crippen LogP contribution in [0.1, 0.15) is 82.9 Å². The Bertz CT molecular complexity index is 1340. The summed E-state index contributed by atoms with van der Waals surface area (Å²) in [6, 6.07) is 21.8. The van der Waals surface area contributed by atoms with Crippen molar-refractivity contribution in [1.29, 1.82) is 0 Å². The van der Waals surface area contributed by atoms with Crippen LogP contribution in [0.2, 0.25) is 0 Å². The molecule has 0 aliphatic heterocycles. The molecule has 0 spiro atoms. The van der Waals surface area contributed by atoms with E-state index in [2.05, 4.69) is 18.2 Å². The predicted molar refractivity (Wildman–Crippen MR) is 154 cm³/mol. The number of benzene rings is 3. The highest BCUT2D eigenvalue weighted by atomic mass is 32.2. The van der Waals surface area contributed by atoms with Gasteiger partial charge in [0, 0.05) is 16.0 Å². The number of rotatable bonds is 8. The van der Waals surface area contributed by atoms with Crippen LogP contribution in [0.5, 0.6) is 5.75 Å². The van der Waals surface area contributed by atoms with Crippen molar-refractivity contribution in [3.63, 3.8) is 0 Å². The number of carbonyl (C=O) groups excluding carboxylic acids is 2. The minimum absolute atomic E-state index is 0.0163. The molecule has 3 aromatic carbocycles. The molecule has 3 aromatic rings. The van der Waals surface area contributed by atoms with E-state index in [4.69, 9.17) is 9.47 Å². The van der Waals surface area contributed by atoms with Crippen LogP contribution in [0.15, 0.2) is 71.6 Å². The summed E-state index contributed by atoms with van der Waals surface area (Å²) in [6.07, 6.45) is 7.73. The summed E-state index contributed by atoms with van der Waals surface area (Å²) < 4.78 is 11.6. The monoisotopic (exact) mass is 540 g/mol. The predicted octanol–water partition coefficient (Wildman–Crippen LogP) is 8.15. The van der Waals surface area contributed by atoms with Gasteiger partial charge in [-0.1, -0.05) is 30.3 Å². The van der Waals surface area contributed by atoms with E-state index in [-0.39, 0.29) is 16.5 Å². The Labute approximate surface area is 235 Å². The second-order valence-electron chi connectivity index (χ2n) is 11.8. The number of carbonyl (C=O) groups is 2. The Kier molecular flexibility index (Phi) is 7.28. The van der Waals surface area contributed by atoms with Gasteiger partial charge in [0.05, 0.1) is 12.2 Å². The van der Waals surface area contributed by atoms with E-state index in [0.717, 1.165) is 39.5 Å². The van der Waals surface area contributed by atoms with E-state index < -0.39 is 0 Å². The van der Waals surface area contributed by atoms with Crippen LogP contribution in [0.4, 0.5) is 0 Å². The molecule has 4 aliphatic rings. The maximum Gasteiger partial charge on any atom is 0.338 e. The van der Waals surface area contributed by atoms with Crippen molar-refractivity contribution in [2.45, 2.75) is 69.3 Å². The summed E-state index contributed by atoms with van der Waals surface area (Å²) in [5.41, 5.74) is 4.61. The molecule has 0 unspecified atom stereocenters. The Morgan fingerprint density at radius 3 is 2.18 bits per heavy atom. The third-order valence-corrected chi connectivity index (χ3v) is 10.0. The number of ether oxygens (including phenoxy) is 2. The molecule has 39 heavy (non-hydrogen) atoms. The molecule has 4 fully saturated rings. The molecule has 4 nitrogen and oxygen atoms in total. The lowest BCUT2D eigenvalue weighted by Gasteiger charge is -2.57. The molecule has 202 valence electrons. The SMILES string of the molecule is CCOC(=O)c1ccc(SC(=O)c2ccc(OCc3ccccc3)c(C34CC5CC(CC(C5)C3)C4)c2)c(C)c1. The molecule has 4 aliphatic carbocycles. The molecular formula is C34H36O4S. The van der Waals surface area contributed by atoms with Gasteiger partial charge in [0.1, 0.15) is 12.4 Å². The van der Waals surface area contributed by atoms with E-state index in [9.17, 15) is 9.59 Å². The summed E-state index contributed by atoms with van der Waals surface area (Å²) in [5, 5.41) is 0.0163. The lowest BCUT2D eigenvalue weighted by Crippen LogP contribution is -2.48. The van der Waals surface area contributed by atoms with E-state index in [1.54, 1.807) is 19.1 Å². The first-order valence-corrected chi connectivity index (χ1v) is 15.1. The van der Waals surface area contributed by atoms with Gasteiger partial charge in [-0.15, -0.1) is 0 Å². The van der Waals surface area contributed by atoms with Crippen LogP contribution in [0, 0.1) is 24.7 Å².